The number of hydrogen-bond donors (Lipinski definition) is 1. The second-order valence-corrected chi connectivity index (χ2v) is 4.10. The van der Waals surface area contributed by atoms with Crippen molar-refractivity contribution in [3.63, 3.8) is 0 Å². The predicted octanol–water partition coefficient (Wildman–Crippen LogP) is 1.55. The van der Waals surface area contributed by atoms with Crippen molar-refractivity contribution in [2.24, 2.45) is 0 Å². The summed E-state index contributed by atoms with van der Waals surface area (Å²) < 4.78 is 0.745. The van der Waals surface area contributed by atoms with Gasteiger partial charge in [-0.3, -0.25) is 0 Å². The van der Waals surface area contributed by atoms with E-state index in [1.54, 1.807) is 25.1 Å². The van der Waals surface area contributed by atoms with E-state index in [0.717, 1.165) is 9.13 Å². The summed E-state index contributed by atoms with van der Waals surface area (Å²) in [5.74, 6) is 1.23. The fourth-order valence-electron chi connectivity index (χ4n) is 1.04. The summed E-state index contributed by atoms with van der Waals surface area (Å²) in [5, 5.41) is 24.8. The molecule has 0 atom stereocenters. The number of hydrogen-bond acceptors (Lipinski definition) is 5. The zero-order valence-corrected chi connectivity index (χ0v) is 10.0. The fourth-order valence-corrected chi connectivity index (χ4v) is 1.56. The van der Waals surface area contributed by atoms with Crippen LogP contribution in [0.25, 0.3) is 11.4 Å². The number of aromatic hydroxyl groups is 1. The molecule has 1 heterocycles. The van der Waals surface area contributed by atoms with Gasteiger partial charge in [-0.2, -0.15) is 0 Å². The predicted molar refractivity (Wildman–Crippen MR) is 62.2 cm³/mol. The van der Waals surface area contributed by atoms with E-state index in [4.69, 9.17) is 0 Å². The maximum atomic E-state index is 9.36. The first-order valence-electron chi connectivity index (χ1n) is 4.20. The van der Waals surface area contributed by atoms with Crippen molar-refractivity contribution in [3.05, 3.63) is 27.6 Å². The third-order valence-electron chi connectivity index (χ3n) is 1.78. The van der Waals surface area contributed by atoms with Gasteiger partial charge in [0.15, 0.2) is 5.82 Å². The molecule has 0 fully saturated rings. The minimum Gasteiger partial charge on any atom is -0.507 e. The molecule has 0 aliphatic heterocycles. The average Bonchev–Trinajstić information content (AvgIpc) is 2.23. The molecule has 6 heteroatoms. The lowest BCUT2D eigenvalue weighted by Crippen LogP contribution is -1.98. The van der Waals surface area contributed by atoms with Crippen LogP contribution >= 0.6 is 22.6 Å². The third-order valence-corrected chi connectivity index (χ3v) is 2.65. The minimum absolute atomic E-state index is 0.243. The highest BCUT2D eigenvalue weighted by molar-refractivity contribution is 14.1. The lowest BCUT2D eigenvalue weighted by Gasteiger charge is -2.00. The van der Waals surface area contributed by atoms with E-state index < -0.39 is 0 Å². The van der Waals surface area contributed by atoms with Gasteiger partial charge in [0, 0.05) is 5.56 Å². The molecule has 0 aliphatic rings. The summed E-state index contributed by atoms with van der Waals surface area (Å²) in [6.45, 7) is 1.73. The molecular weight excluding hydrogens is 307 g/mol. The average molecular weight is 314 g/mol. The number of aromatic nitrogens is 4. The van der Waals surface area contributed by atoms with Gasteiger partial charge in [-0.1, -0.05) is 0 Å². The van der Waals surface area contributed by atoms with E-state index in [2.05, 4.69) is 20.4 Å². The van der Waals surface area contributed by atoms with Crippen LogP contribution in [-0.4, -0.2) is 25.5 Å². The maximum absolute atomic E-state index is 9.36. The summed E-state index contributed by atoms with van der Waals surface area (Å²) in [4.78, 5) is 0. The van der Waals surface area contributed by atoms with Crippen molar-refractivity contribution in [1.82, 2.24) is 20.4 Å². The lowest BCUT2D eigenvalue weighted by atomic mass is 10.2. The van der Waals surface area contributed by atoms with E-state index in [9.17, 15) is 5.11 Å². The summed E-state index contributed by atoms with van der Waals surface area (Å²) in [7, 11) is 0. The SMILES string of the molecule is Cc1nnc(-c2ccc(O)c(I)c2)nn1. The Hall–Kier alpha value is -1.31. The summed E-state index contributed by atoms with van der Waals surface area (Å²) in [6.07, 6.45) is 0. The number of rotatable bonds is 1. The number of aryl methyl sites for hydroxylation is 1. The van der Waals surface area contributed by atoms with Crippen molar-refractivity contribution < 1.29 is 5.11 Å². The second kappa shape index (κ2) is 4.05. The summed E-state index contributed by atoms with van der Waals surface area (Å²) in [6, 6.07) is 5.11. The largest absolute Gasteiger partial charge is 0.507 e. The number of phenolic OH excluding ortho intramolecular Hbond substituents is 1. The zero-order chi connectivity index (χ0) is 10.8. The van der Waals surface area contributed by atoms with Gasteiger partial charge >= 0.3 is 0 Å². The second-order valence-electron chi connectivity index (χ2n) is 2.94. The monoisotopic (exact) mass is 314 g/mol. The Bertz CT molecular complexity index is 486. The van der Waals surface area contributed by atoms with E-state index >= 15 is 0 Å². The quantitative estimate of drug-likeness (QED) is 0.809. The first-order chi connectivity index (χ1) is 7.16. The highest BCUT2D eigenvalue weighted by Gasteiger charge is 2.05. The molecule has 0 saturated heterocycles. The Morgan fingerprint density at radius 1 is 1.13 bits per heavy atom. The molecule has 2 aromatic rings. The molecule has 0 aliphatic carbocycles. The molecule has 0 bridgehead atoms. The molecule has 0 spiro atoms. The molecular formula is C9H7IN4O. The Morgan fingerprint density at radius 3 is 2.40 bits per heavy atom. The van der Waals surface area contributed by atoms with Crippen LogP contribution in [0.15, 0.2) is 18.2 Å². The number of phenols is 1. The highest BCUT2D eigenvalue weighted by atomic mass is 127. The van der Waals surface area contributed by atoms with Crippen molar-refractivity contribution >= 4 is 22.6 Å². The van der Waals surface area contributed by atoms with Crippen molar-refractivity contribution in [1.29, 1.82) is 0 Å². The smallest absolute Gasteiger partial charge is 0.203 e. The molecule has 1 aromatic heterocycles. The van der Waals surface area contributed by atoms with Gasteiger partial charge in [0.25, 0.3) is 0 Å². The molecule has 15 heavy (non-hydrogen) atoms. The summed E-state index contributed by atoms with van der Waals surface area (Å²) in [5.41, 5.74) is 0.789. The molecule has 0 amide bonds. The first-order valence-corrected chi connectivity index (χ1v) is 5.27. The van der Waals surface area contributed by atoms with Gasteiger partial charge in [0.05, 0.1) is 3.57 Å². The lowest BCUT2D eigenvalue weighted by molar-refractivity contribution is 0.471. The van der Waals surface area contributed by atoms with E-state index in [1.165, 1.54) is 0 Å². The Labute approximate surface area is 99.7 Å². The zero-order valence-electron chi connectivity index (χ0n) is 7.85. The van der Waals surface area contributed by atoms with Gasteiger partial charge in [-0.25, -0.2) is 0 Å². The topological polar surface area (TPSA) is 71.8 Å². The van der Waals surface area contributed by atoms with E-state index in [0.29, 0.717) is 11.6 Å². The van der Waals surface area contributed by atoms with E-state index in [1.807, 2.05) is 22.6 Å². The van der Waals surface area contributed by atoms with Crippen LogP contribution < -0.4 is 0 Å². The van der Waals surface area contributed by atoms with Crippen LogP contribution in [0.2, 0.25) is 0 Å². The Morgan fingerprint density at radius 2 is 1.80 bits per heavy atom. The highest BCUT2D eigenvalue weighted by Crippen LogP contribution is 2.24. The molecule has 0 radical (unpaired) electrons. The Balaban J connectivity index is 2.45. The molecule has 2 rings (SSSR count). The maximum Gasteiger partial charge on any atom is 0.203 e. The first kappa shape index (κ1) is 10.2. The van der Waals surface area contributed by atoms with E-state index in [-0.39, 0.29) is 5.75 Å². The molecule has 5 nitrogen and oxygen atoms in total. The standard InChI is InChI=1S/C9H7IN4O/c1-5-11-13-9(14-12-5)6-2-3-8(15)7(10)4-6/h2-4,15H,1H3. The molecule has 1 N–H and O–H groups in total. The van der Waals surface area contributed by atoms with Gasteiger partial charge in [0.2, 0.25) is 5.82 Å². The molecule has 0 saturated carbocycles. The van der Waals surface area contributed by atoms with Gasteiger partial charge in [-0.05, 0) is 47.7 Å². The number of nitrogens with zero attached hydrogens (tertiary/aromatic N) is 4. The molecule has 76 valence electrons. The number of benzene rings is 1. The minimum atomic E-state index is 0.243. The van der Waals surface area contributed by atoms with Crippen molar-refractivity contribution in [2.75, 3.05) is 0 Å². The van der Waals surface area contributed by atoms with Crippen LogP contribution in [-0.2, 0) is 0 Å². The molecule has 1 aromatic carbocycles. The molecule has 0 unspecified atom stereocenters. The third kappa shape index (κ3) is 2.20. The van der Waals surface area contributed by atoms with Crippen molar-refractivity contribution in [3.8, 4) is 17.1 Å². The fraction of sp³-hybridized carbons (Fsp3) is 0.111. The number of halogens is 1. The van der Waals surface area contributed by atoms with Gasteiger partial charge in [-0.15, -0.1) is 20.4 Å². The van der Waals surface area contributed by atoms with Crippen molar-refractivity contribution in [2.45, 2.75) is 6.92 Å². The van der Waals surface area contributed by atoms with Crippen LogP contribution in [0, 0.1) is 10.5 Å². The van der Waals surface area contributed by atoms with Crippen LogP contribution in [0.5, 0.6) is 5.75 Å². The van der Waals surface area contributed by atoms with Crippen LogP contribution in [0.1, 0.15) is 5.82 Å². The summed E-state index contributed by atoms with van der Waals surface area (Å²) >= 11 is 2.04. The van der Waals surface area contributed by atoms with Gasteiger partial charge in [0.1, 0.15) is 5.75 Å². The Kier molecular flexibility index (Phi) is 2.76. The van der Waals surface area contributed by atoms with Crippen LogP contribution in [0.3, 0.4) is 0 Å². The van der Waals surface area contributed by atoms with Crippen LogP contribution in [0.4, 0.5) is 0 Å². The normalized spacial score (nSPS) is 10.3. The van der Waals surface area contributed by atoms with Gasteiger partial charge < -0.3 is 5.11 Å².